The van der Waals surface area contributed by atoms with Crippen LogP contribution in [0.2, 0.25) is 5.02 Å². The van der Waals surface area contributed by atoms with Gasteiger partial charge in [-0.05, 0) is 29.9 Å². The number of aromatic nitrogens is 2. The van der Waals surface area contributed by atoms with Gasteiger partial charge in [-0.25, -0.2) is 4.90 Å². The van der Waals surface area contributed by atoms with E-state index in [4.69, 9.17) is 11.6 Å². The number of nitrogens with zero attached hydrogens (tertiary/aromatic N) is 3. The molecule has 1 aromatic heterocycles. The Labute approximate surface area is 149 Å². The second-order valence-corrected chi connectivity index (χ2v) is 7.38. The standard InChI is InChI=1S/C19H16ClN3O2/c20-14-4-2-1-3-13(14)10-22-8-7-15(21-22)23-18(24)16-11-5-6-12(9-11)17(16)19(23)25/h1-8,11-12,16-17H,9-10H2/t11-,12-,16-,17-/m0/s1. The fourth-order valence-electron chi connectivity index (χ4n) is 4.49. The number of fused-ring (bicyclic) bond motifs is 5. The van der Waals surface area contributed by atoms with Crippen molar-refractivity contribution in [3.63, 3.8) is 0 Å². The number of halogens is 1. The van der Waals surface area contributed by atoms with Crippen LogP contribution < -0.4 is 4.90 Å². The summed E-state index contributed by atoms with van der Waals surface area (Å²) in [7, 11) is 0. The molecule has 2 heterocycles. The number of hydrogen-bond donors (Lipinski definition) is 0. The van der Waals surface area contributed by atoms with Crippen LogP contribution in [0.15, 0.2) is 48.7 Å². The van der Waals surface area contributed by atoms with Crippen LogP contribution in [0, 0.1) is 23.7 Å². The van der Waals surface area contributed by atoms with E-state index in [0.717, 1.165) is 12.0 Å². The molecule has 0 spiro atoms. The lowest BCUT2D eigenvalue weighted by molar-refractivity contribution is -0.123. The summed E-state index contributed by atoms with van der Waals surface area (Å²) in [5, 5.41) is 5.12. The summed E-state index contributed by atoms with van der Waals surface area (Å²) in [4.78, 5) is 26.9. The molecule has 2 amide bonds. The molecule has 0 radical (unpaired) electrons. The van der Waals surface area contributed by atoms with Gasteiger partial charge in [0.05, 0.1) is 18.4 Å². The Balaban J connectivity index is 1.42. The number of carbonyl (C=O) groups excluding carboxylic acids is 2. The topological polar surface area (TPSA) is 55.2 Å². The lowest BCUT2D eigenvalue weighted by Crippen LogP contribution is -2.33. The van der Waals surface area contributed by atoms with E-state index in [-0.39, 0.29) is 35.5 Å². The maximum atomic E-state index is 12.8. The van der Waals surface area contributed by atoms with E-state index < -0.39 is 0 Å². The molecule has 4 atom stereocenters. The number of carbonyl (C=O) groups is 2. The molecule has 5 nitrogen and oxygen atoms in total. The van der Waals surface area contributed by atoms with Gasteiger partial charge in [0.25, 0.3) is 0 Å². The lowest BCUT2D eigenvalue weighted by Gasteiger charge is -2.14. The van der Waals surface area contributed by atoms with Gasteiger partial charge in [-0.2, -0.15) is 5.10 Å². The Hall–Kier alpha value is -2.40. The predicted molar refractivity (Wildman–Crippen MR) is 93.0 cm³/mol. The average Bonchev–Trinajstić information content (AvgIpc) is 3.35. The summed E-state index contributed by atoms with van der Waals surface area (Å²) >= 11 is 6.19. The van der Waals surface area contributed by atoms with Crippen molar-refractivity contribution in [2.45, 2.75) is 13.0 Å². The van der Waals surface area contributed by atoms with Crippen molar-refractivity contribution in [1.82, 2.24) is 9.78 Å². The molecule has 2 aliphatic carbocycles. The van der Waals surface area contributed by atoms with Gasteiger partial charge in [0.15, 0.2) is 5.82 Å². The molecule has 1 aromatic carbocycles. The largest absolute Gasteiger partial charge is 0.274 e. The van der Waals surface area contributed by atoms with E-state index in [2.05, 4.69) is 17.3 Å². The second kappa shape index (κ2) is 5.30. The maximum absolute atomic E-state index is 12.8. The van der Waals surface area contributed by atoms with E-state index in [1.807, 2.05) is 24.3 Å². The highest BCUT2D eigenvalue weighted by Gasteiger charge is 2.59. The third-order valence-electron chi connectivity index (χ3n) is 5.62. The van der Waals surface area contributed by atoms with Crippen LogP contribution in [0.5, 0.6) is 0 Å². The summed E-state index contributed by atoms with van der Waals surface area (Å²) < 4.78 is 1.71. The third kappa shape index (κ3) is 2.12. The van der Waals surface area contributed by atoms with Gasteiger partial charge in [-0.15, -0.1) is 0 Å². The van der Waals surface area contributed by atoms with Crippen molar-refractivity contribution in [2.24, 2.45) is 23.7 Å². The van der Waals surface area contributed by atoms with Crippen molar-refractivity contribution in [3.05, 3.63) is 59.3 Å². The molecule has 0 unspecified atom stereocenters. The van der Waals surface area contributed by atoms with E-state index in [9.17, 15) is 9.59 Å². The minimum atomic E-state index is -0.198. The van der Waals surface area contributed by atoms with Crippen LogP contribution in [0.3, 0.4) is 0 Å². The number of anilines is 1. The average molecular weight is 354 g/mol. The van der Waals surface area contributed by atoms with Gasteiger partial charge >= 0.3 is 0 Å². The number of imide groups is 1. The van der Waals surface area contributed by atoms with Crippen molar-refractivity contribution in [3.8, 4) is 0 Å². The lowest BCUT2D eigenvalue weighted by atomic mass is 9.85. The van der Waals surface area contributed by atoms with Crippen LogP contribution in [-0.4, -0.2) is 21.6 Å². The third-order valence-corrected chi connectivity index (χ3v) is 5.98. The van der Waals surface area contributed by atoms with Gasteiger partial charge in [-0.1, -0.05) is 42.0 Å². The molecule has 1 saturated carbocycles. The zero-order valence-electron chi connectivity index (χ0n) is 13.4. The minimum Gasteiger partial charge on any atom is -0.274 e. The second-order valence-electron chi connectivity index (χ2n) is 6.97. The Morgan fingerprint density at radius 3 is 2.40 bits per heavy atom. The first-order valence-corrected chi connectivity index (χ1v) is 8.84. The van der Waals surface area contributed by atoms with Crippen molar-refractivity contribution < 1.29 is 9.59 Å². The molecule has 5 rings (SSSR count). The summed E-state index contributed by atoms with van der Waals surface area (Å²) in [6.45, 7) is 0.496. The zero-order valence-corrected chi connectivity index (χ0v) is 14.1. The van der Waals surface area contributed by atoms with E-state index >= 15 is 0 Å². The highest BCUT2D eigenvalue weighted by atomic mass is 35.5. The molecular weight excluding hydrogens is 338 g/mol. The normalized spacial score (nSPS) is 29.7. The summed E-state index contributed by atoms with van der Waals surface area (Å²) in [5.41, 5.74) is 0.942. The Morgan fingerprint density at radius 2 is 1.72 bits per heavy atom. The first-order chi connectivity index (χ1) is 12.1. The van der Waals surface area contributed by atoms with Crippen molar-refractivity contribution >= 4 is 29.2 Å². The highest BCUT2D eigenvalue weighted by molar-refractivity contribution is 6.31. The SMILES string of the molecule is O=C1[C@@H]2[C@@H](C(=O)N1c1ccn(Cc3ccccc3Cl)n1)[C@H]1C=C[C@H]2C1. The predicted octanol–water partition coefficient (Wildman–Crippen LogP) is 2.90. The van der Waals surface area contributed by atoms with Gasteiger partial charge in [0.2, 0.25) is 11.8 Å². The molecule has 25 heavy (non-hydrogen) atoms. The Kier molecular flexibility index (Phi) is 3.16. The van der Waals surface area contributed by atoms with Crippen LogP contribution in [0.25, 0.3) is 0 Å². The summed E-state index contributed by atoms with van der Waals surface area (Å²) in [6, 6.07) is 9.29. The fraction of sp³-hybridized carbons (Fsp3) is 0.316. The summed E-state index contributed by atoms with van der Waals surface area (Å²) in [5.74, 6) is 0.233. The van der Waals surface area contributed by atoms with Crippen LogP contribution >= 0.6 is 11.6 Å². The molecular formula is C19H16ClN3O2. The highest BCUT2D eigenvalue weighted by Crippen LogP contribution is 2.53. The molecule has 1 saturated heterocycles. The van der Waals surface area contributed by atoms with Gasteiger partial charge < -0.3 is 0 Å². The monoisotopic (exact) mass is 353 g/mol. The number of hydrogen-bond acceptors (Lipinski definition) is 3. The molecule has 6 heteroatoms. The summed E-state index contributed by atoms with van der Waals surface area (Å²) in [6.07, 6.45) is 6.90. The molecule has 1 aliphatic heterocycles. The van der Waals surface area contributed by atoms with Crippen molar-refractivity contribution in [1.29, 1.82) is 0 Å². The number of allylic oxidation sites excluding steroid dienone is 2. The number of benzene rings is 1. The first kappa shape index (κ1) is 14.9. The quantitative estimate of drug-likeness (QED) is 0.629. The van der Waals surface area contributed by atoms with Crippen molar-refractivity contribution in [2.75, 3.05) is 4.90 Å². The molecule has 0 N–H and O–H groups in total. The maximum Gasteiger partial charge on any atom is 0.239 e. The van der Waals surface area contributed by atoms with E-state index in [0.29, 0.717) is 17.4 Å². The zero-order chi connectivity index (χ0) is 17.1. The number of amides is 2. The molecule has 126 valence electrons. The van der Waals surface area contributed by atoms with Crippen LogP contribution in [-0.2, 0) is 16.1 Å². The molecule has 2 fully saturated rings. The Morgan fingerprint density at radius 1 is 1.04 bits per heavy atom. The molecule has 3 aliphatic rings. The van der Waals surface area contributed by atoms with Gasteiger partial charge in [-0.3, -0.25) is 14.3 Å². The molecule has 2 bridgehead atoms. The number of rotatable bonds is 3. The van der Waals surface area contributed by atoms with Crippen LogP contribution in [0.1, 0.15) is 12.0 Å². The Bertz CT molecular complexity index is 889. The smallest absolute Gasteiger partial charge is 0.239 e. The first-order valence-electron chi connectivity index (χ1n) is 8.46. The van der Waals surface area contributed by atoms with Crippen LogP contribution in [0.4, 0.5) is 5.82 Å². The molecule has 2 aromatic rings. The van der Waals surface area contributed by atoms with E-state index in [1.54, 1.807) is 16.9 Å². The van der Waals surface area contributed by atoms with E-state index in [1.165, 1.54) is 4.90 Å². The minimum absolute atomic E-state index is 0.102. The van der Waals surface area contributed by atoms with Gasteiger partial charge in [0, 0.05) is 17.3 Å². The van der Waals surface area contributed by atoms with Gasteiger partial charge in [0.1, 0.15) is 0 Å². The fourth-order valence-corrected chi connectivity index (χ4v) is 4.68.